The Morgan fingerprint density at radius 2 is 1.88 bits per heavy atom. The molecular formula is C29H36ClN3O7. The summed E-state index contributed by atoms with van der Waals surface area (Å²) < 4.78 is 0. The average Bonchev–Trinajstić information content (AvgIpc) is 3.07. The molecule has 11 heteroatoms. The number of nitrogens with two attached hydrogens (primary N) is 1. The first-order chi connectivity index (χ1) is 18.8. The highest BCUT2D eigenvalue weighted by Gasteiger charge is 2.69. The molecule has 0 aromatic heterocycles. The Hall–Kier alpha value is -2.66. The lowest BCUT2D eigenvalue weighted by molar-refractivity contribution is -0.181. The van der Waals surface area contributed by atoms with Gasteiger partial charge in [-0.2, -0.15) is 0 Å². The fourth-order valence-corrected chi connectivity index (χ4v) is 7.90. The second kappa shape index (κ2) is 10.3. The topological polar surface area (TPSA) is 158 Å². The van der Waals surface area contributed by atoms with Gasteiger partial charge in [0.05, 0.1) is 17.5 Å². The van der Waals surface area contributed by atoms with E-state index < -0.39 is 64.4 Å². The quantitative estimate of drug-likeness (QED) is 0.451. The lowest BCUT2D eigenvalue weighted by Gasteiger charge is -2.52. The van der Waals surface area contributed by atoms with Crippen molar-refractivity contribution in [2.24, 2.45) is 29.4 Å². The van der Waals surface area contributed by atoms with Gasteiger partial charge in [-0.3, -0.25) is 33.8 Å². The molecule has 1 aliphatic heterocycles. The van der Waals surface area contributed by atoms with Crippen LogP contribution in [-0.4, -0.2) is 87.4 Å². The van der Waals surface area contributed by atoms with Gasteiger partial charge >= 0.3 is 0 Å². The van der Waals surface area contributed by atoms with Crippen molar-refractivity contribution in [3.8, 4) is 5.75 Å². The zero-order chi connectivity index (χ0) is 29.3. The second-order valence-electron chi connectivity index (χ2n) is 12.2. The maximum absolute atomic E-state index is 13.9. The van der Waals surface area contributed by atoms with E-state index in [-0.39, 0.29) is 24.2 Å². The van der Waals surface area contributed by atoms with Crippen LogP contribution in [0.5, 0.6) is 5.75 Å². The Morgan fingerprint density at radius 3 is 2.52 bits per heavy atom. The van der Waals surface area contributed by atoms with E-state index in [0.717, 1.165) is 32.2 Å². The summed E-state index contributed by atoms with van der Waals surface area (Å²) in [4.78, 5) is 70.1. The Balaban J connectivity index is 1.55. The van der Waals surface area contributed by atoms with E-state index in [1.165, 1.54) is 11.0 Å². The summed E-state index contributed by atoms with van der Waals surface area (Å²) >= 11 is 6.89. The third kappa shape index (κ3) is 4.22. The number of carbonyl (C=O) groups excluding carboxylic acids is 5. The molecule has 3 fully saturated rings. The maximum atomic E-state index is 13.9. The van der Waals surface area contributed by atoms with Crippen LogP contribution in [0.4, 0.5) is 0 Å². The number of ketones is 4. The fraction of sp³-hybridized carbons (Fsp3) is 0.621. The number of hydrogen-bond acceptors (Lipinski definition) is 9. The Kier molecular flexibility index (Phi) is 7.44. The molecule has 0 radical (unpaired) electrons. The molecule has 4 N–H and O–H groups in total. The van der Waals surface area contributed by atoms with Gasteiger partial charge < -0.3 is 15.9 Å². The van der Waals surface area contributed by atoms with Crippen molar-refractivity contribution in [1.29, 1.82) is 0 Å². The molecule has 1 aromatic rings. The first-order valence-corrected chi connectivity index (χ1v) is 14.3. The number of phenols is 1. The summed E-state index contributed by atoms with van der Waals surface area (Å²) in [6.07, 6.45) is 4.58. The number of rotatable bonds is 4. The largest absolute Gasteiger partial charge is 0.507 e. The first kappa shape index (κ1) is 28.9. The zero-order valence-corrected chi connectivity index (χ0v) is 23.7. The van der Waals surface area contributed by atoms with Gasteiger partial charge in [-0.05, 0) is 76.4 Å². The molecule has 7 atom stereocenters. The molecule has 5 rings (SSSR count). The van der Waals surface area contributed by atoms with Crippen molar-refractivity contribution < 1.29 is 34.2 Å². The second-order valence-corrected chi connectivity index (χ2v) is 12.6. The van der Waals surface area contributed by atoms with Crippen LogP contribution in [0.2, 0.25) is 5.02 Å². The van der Waals surface area contributed by atoms with E-state index in [1.54, 1.807) is 14.1 Å². The normalized spacial score (nSPS) is 34.8. The first-order valence-electron chi connectivity index (χ1n) is 13.9. The van der Waals surface area contributed by atoms with Crippen LogP contribution >= 0.6 is 11.6 Å². The molecule has 1 saturated heterocycles. The zero-order valence-electron chi connectivity index (χ0n) is 23.0. The number of hydrogen-bond donors (Lipinski definition) is 3. The van der Waals surface area contributed by atoms with Crippen molar-refractivity contribution in [1.82, 2.24) is 9.80 Å². The number of benzene rings is 1. The van der Waals surface area contributed by atoms with Gasteiger partial charge in [0.15, 0.2) is 34.7 Å². The minimum absolute atomic E-state index is 0.00558. The van der Waals surface area contributed by atoms with Gasteiger partial charge in [-0.1, -0.05) is 24.4 Å². The van der Waals surface area contributed by atoms with Crippen molar-refractivity contribution >= 4 is 40.6 Å². The summed E-state index contributed by atoms with van der Waals surface area (Å²) in [6.45, 7) is 3.57. The van der Waals surface area contributed by atoms with Gasteiger partial charge in [0.2, 0.25) is 5.91 Å². The molecule has 1 amide bonds. The van der Waals surface area contributed by atoms with Gasteiger partial charge in [0, 0.05) is 23.5 Å². The van der Waals surface area contributed by atoms with E-state index in [2.05, 4.69) is 11.8 Å². The van der Waals surface area contributed by atoms with Crippen LogP contribution in [0, 0.1) is 23.7 Å². The van der Waals surface area contributed by atoms with E-state index in [9.17, 15) is 34.2 Å². The van der Waals surface area contributed by atoms with Crippen LogP contribution in [0.15, 0.2) is 6.07 Å². The molecule has 10 nitrogen and oxygen atoms in total. The monoisotopic (exact) mass is 573 g/mol. The number of amides is 1. The minimum Gasteiger partial charge on any atom is -0.507 e. The summed E-state index contributed by atoms with van der Waals surface area (Å²) in [5.41, 5.74) is 3.67. The van der Waals surface area contributed by atoms with Crippen molar-refractivity contribution in [2.75, 3.05) is 20.6 Å². The highest BCUT2D eigenvalue weighted by molar-refractivity contribution is 6.34. The van der Waals surface area contributed by atoms with Gasteiger partial charge in [-0.15, -0.1) is 0 Å². The molecule has 3 unspecified atom stereocenters. The Morgan fingerprint density at radius 1 is 1.18 bits per heavy atom. The predicted octanol–water partition coefficient (Wildman–Crippen LogP) is 1.28. The number of primary amides is 1. The van der Waals surface area contributed by atoms with Crippen molar-refractivity contribution in [3.63, 3.8) is 0 Å². The minimum atomic E-state index is -2.74. The highest BCUT2D eigenvalue weighted by Crippen LogP contribution is 2.52. The van der Waals surface area contributed by atoms with Crippen LogP contribution in [0.1, 0.15) is 60.5 Å². The van der Waals surface area contributed by atoms with Crippen LogP contribution < -0.4 is 5.73 Å². The highest BCUT2D eigenvalue weighted by atomic mass is 35.5. The van der Waals surface area contributed by atoms with Gasteiger partial charge in [0.25, 0.3) is 0 Å². The number of Topliss-reactive ketones (excluding diaryl/α,β-unsaturated/α-hetero) is 4. The molecule has 2 saturated carbocycles. The van der Waals surface area contributed by atoms with E-state index in [0.29, 0.717) is 28.7 Å². The lowest BCUT2D eigenvalue weighted by Crippen LogP contribution is -2.74. The number of aliphatic hydroxyl groups is 1. The van der Waals surface area contributed by atoms with Crippen LogP contribution in [0.3, 0.4) is 0 Å². The third-order valence-corrected chi connectivity index (χ3v) is 10.1. The molecule has 216 valence electrons. The summed E-state index contributed by atoms with van der Waals surface area (Å²) in [7, 11) is 3.11. The molecule has 0 bridgehead atoms. The van der Waals surface area contributed by atoms with Gasteiger partial charge in [-0.25, -0.2) is 0 Å². The number of phenolic OH excluding ortho intramolecular Hbond substituents is 1. The standard InChI is InChI=1S/C29H36ClN3O7/c1-13-7-5-4-6-8-33(13)12-15-11-18(34)20-16(22(15)30)9-14-10-17-23(32(2)3)25(36)21(28(31)39)27(38)29(17,40)26(37)19(14)24(20)35/h11,13-14,17,19,21,23,34,40H,4-10,12H2,1-3H3,(H2,31,39)/t13?,14-,17-,19?,21?,23-,29-/m0/s1. The van der Waals surface area contributed by atoms with Crippen molar-refractivity contribution in [2.45, 2.75) is 69.7 Å². The summed E-state index contributed by atoms with van der Waals surface area (Å²) in [6, 6.07) is 0.670. The number of carbonyl (C=O) groups is 5. The molecule has 0 spiro atoms. The number of likely N-dealkylation sites (tertiary alicyclic amines) is 1. The number of likely N-dealkylation sites (N-methyl/N-ethyl adjacent to an activating group) is 1. The fourth-order valence-electron chi connectivity index (χ4n) is 7.61. The Labute approximate surface area is 237 Å². The Bertz CT molecular complexity index is 1310. The summed E-state index contributed by atoms with van der Waals surface area (Å²) in [5, 5.41) is 23.0. The molecular weight excluding hydrogens is 538 g/mol. The molecule has 1 aromatic carbocycles. The van der Waals surface area contributed by atoms with Gasteiger partial charge in [0.1, 0.15) is 5.75 Å². The maximum Gasteiger partial charge on any atom is 0.235 e. The molecule has 4 aliphatic rings. The number of fused-ring (bicyclic) bond motifs is 3. The third-order valence-electron chi connectivity index (χ3n) is 9.63. The molecule has 1 heterocycles. The van der Waals surface area contributed by atoms with E-state index in [4.69, 9.17) is 17.3 Å². The SMILES string of the molecule is CC1CCCCCN1Cc1cc(O)c2c(c1Cl)C[C@H]1C[C@H]3[C@H](N(C)C)C(=O)C(C(N)=O)C(=O)[C@@]3(O)C(=O)C1C2=O. The lowest BCUT2D eigenvalue weighted by atomic mass is 9.52. The molecule has 3 aliphatic carbocycles. The van der Waals surface area contributed by atoms with E-state index >= 15 is 0 Å². The smallest absolute Gasteiger partial charge is 0.235 e. The number of halogens is 1. The van der Waals surface area contributed by atoms with Crippen LogP contribution in [0.25, 0.3) is 0 Å². The van der Waals surface area contributed by atoms with E-state index in [1.807, 2.05) is 0 Å². The van der Waals surface area contributed by atoms with Crippen LogP contribution in [-0.2, 0) is 32.1 Å². The number of aromatic hydroxyl groups is 1. The van der Waals surface area contributed by atoms with Crippen molar-refractivity contribution in [3.05, 3.63) is 27.8 Å². The summed E-state index contributed by atoms with van der Waals surface area (Å²) in [5.74, 6) is -10.6. The predicted molar refractivity (Wildman–Crippen MR) is 145 cm³/mol. The number of nitrogens with zero attached hydrogens (tertiary/aromatic N) is 2. The molecule has 40 heavy (non-hydrogen) atoms. The average molecular weight is 574 g/mol.